The Morgan fingerprint density at radius 2 is 1.75 bits per heavy atom. The number of morpholine rings is 1. The Morgan fingerprint density at radius 3 is 2.48 bits per heavy atom. The van der Waals surface area contributed by atoms with Crippen LogP contribution in [0.25, 0.3) is 0 Å². The summed E-state index contributed by atoms with van der Waals surface area (Å²) in [5.74, 6) is -0.316. The van der Waals surface area contributed by atoms with Gasteiger partial charge in [0.1, 0.15) is 34.4 Å². The van der Waals surface area contributed by atoms with Gasteiger partial charge in [-0.3, -0.25) is 29.6 Å². The topological polar surface area (TPSA) is 183 Å². The fourth-order valence-electron chi connectivity index (χ4n) is 5.10. The fourth-order valence-corrected chi connectivity index (χ4v) is 6.06. The first-order valence-corrected chi connectivity index (χ1v) is 16.2. The number of ether oxygens (including phenoxy) is 2. The molecule has 48 heavy (non-hydrogen) atoms. The molecule has 1 saturated heterocycles. The number of anilines is 2. The van der Waals surface area contributed by atoms with Gasteiger partial charge in [-0.2, -0.15) is 0 Å². The van der Waals surface area contributed by atoms with Gasteiger partial charge in [0.15, 0.2) is 5.13 Å². The zero-order chi connectivity index (χ0) is 34.4. The van der Waals surface area contributed by atoms with Crippen LogP contribution >= 0.6 is 11.3 Å². The van der Waals surface area contributed by atoms with Crippen molar-refractivity contribution in [3.05, 3.63) is 70.5 Å². The molecule has 16 heteroatoms. The summed E-state index contributed by atoms with van der Waals surface area (Å²) in [7, 11) is 4.97. The highest BCUT2D eigenvalue weighted by molar-refractivity contribution is 7.16. The van der Waals surface area contributed by atoms with Crippen LogP contribution in [-0.4, -0.2) is 94.1 Å². The minimum absolute atomic E-state index is 0.0312. The molecule has 1 aliphatic rings. The molecule has 5 heterocycles. The highest BCUT2D eigenvalue weighted by Gasteiger charge is 2.23. The molecule has 4 aromatic rings. The van der Waals surface area contributed by atoms with Crippen molar-refractivity contribution in [3.63, 3.8) is 0 Å². The summed E-state index contributed by atoms with van der Waals surface area (Å²) >= 11 is 1.27. The largest absolute Gasteiger partial charge is 0.497 e. The number of aromatic nitrogens is 4. The summed E-state index contributed by atoms with van der Waals surface area (Å²) in [5.41, 5.74) is 8.40. The Hall–Kier alpha value is -5.06. The molecule has 3 amide bonds. The van der Waals surface area contributed by atoms with Crippen LogP contribution in [-0.2, 0) is 18.8 Å². The number of rotatable bonds is 12. The zero-order valence-corrected chi connectivity index (χ0v) is 28.4. The van der Waals surface area contributed by atoms with Crippen LogP contribution < -0.4 is 26.4 Å². The molecule has 0 atom stereocenters. The Balaban J connectivity index is 1.22. The van der Waals surface area contributed by atoms with Gasteiger partial charge < -0.3 is 35.0 Å². The van der Waals surface area contributed by atoms with Crippen LogP contribution in [0.15, 0.2) is 47.8 Å². The second kappa shape index (κ2) is 15.2. The van der Waals surface area contributed by atoms with Gasteiger partial charge in [0.25, 0.3) is 17.7 Å². The van der Waals surface area contributed by atoms with Gasteiger partial charge in [0, 0.05) is 69.8 Å². The average Bonchev–Trinajstić information content (AvgIpc) is 3.77. The first kappa shape index (κ1) is 34.3. The summed E-state index contributed by atoms with van der Waals surface area (Å²) in [6, 6.07) is 6.54. The van der Waals surface area contributed by atoms with E-state index in [1.54, 1.807) is 73.2 Å². The fraction of sp³-hybridized carbons (Fsp3) is 0.375. The number of carbonyl (C=O) groups is 3. The molecule has 0 aromatic carbocycles. The number of carbonyl (C=O) groups excluding carboxylic acids is 3. The molecule has 0 aliphatic carbocycles. The third kappa shape index (κ3) is 8.26. The first-order chi connectivity index (χ1) is 23.0. The van der Waals surface area contributed by atoms with Gasteiger partial charge >= 0.3 is 0 Å². The molecule has 1 fully saturated rings. The molecule has 254 valence electrons. The van der Waals surface area contributed by atoms with Crippen LogP contribution in [0.4, 0.5) is 16.5 Å². The van der Waals surface area contributed by atoms with Gasteiger partial charge in [-0.1, -0.05) is 13.8 Å². The van der Waals surface area contributed by atoms with E-state index in [1.165, 1.54) is 11.3 Å². The number of amidine groups is 1. The van der Waals surface area contributed by atoms with Crippen molar-refractivity contribution in [2.75, 3.05) is 57.1 Å². The van der Waals surface area contributed by atoms with Crippen LogP contribution in [0.2, 0.25) is 0 Å². The predicted molar refractivity (Wildman–Crippen MR) is 184 cm³/mol. The first-order valence-electron chi connectivity index (χ1n) is 15.4. The van der Waals surface area contributed by atoms with Gasteiger partial charge in [-0.15, -0.1) is 11.3 Å². The number of aliphatic imine (C=N–C) groups is 1. The lowest BCUT2D eigenvalue weighted by Gasteiger charge is -2.26. The molecule has 0 spiro atoms. The highest BCUT2D eigenvalue weighted by atomic mass is 32.1. The SMILES string of the molecule is COc1ccnc(C(N)=Nc2cc(C(=O)Nc3cc(C(=O)Nc4nc(C(=O)NCCN5CCOCC5)c(C(C)C)s4)n(C)c3)n(C)c2)c1. The number of nitrogens with two attached hydrogens (primary N) is 1. The van der Waals surface area contributed by atoms with Gasteiger partial charge in [0.2, 0.25) is 0 Å². The molecular formula is C32H40N10O5S. The number of hydrogen-bond donors (Lipinski definition) is 4. The molecule has 1 aliphatic heterocycles. The molecular weight excluding hydrogens is 636 g/mol. The standard InChI is InChI=1S/C32H40N10O5S/c1-19(2)27-26(31(45)35-8-9-42-10-12-47-13-11-42)38-32(48-27)39-30(44)25-15-21(18-41(25)4)37-29(43)24-14-20(17-40(24)3)36-28(33)23-16-22(46-5)6-7-34-23/h6-7,14-19H,8-13H2,1-5H3,(H2,33,36)(H,35,45)(H,37,43)(H,38,39,44). The molecule has 4 aromatic heterocycles. The number of methoxy groups -OCH3 is 1. The van der Waals surface area contributed by atoms with Crippen molar-refractivity contribution < 1.29 is 23.9 Å². The maximum atomic E-state index is 13.3. The maximum Gasteiger partial charge on any atom is 0.274 e. The molecule has 0 unspecified atom stereocenters. The summed E-state index contributed by atoms with van der Waals surface area (Å²) in [4.78, 5) is 55.6. The normalized spacial score (nSPS) is 13.8. The second-order valence-electron chi connectivity index (χ2n) is 11.5. The highest BCUT2D eigenvalue weighted by Crippen LogP contribution is 2.30. The smallest absolute Gasteiger partial charge is 0.274 e. The van der Waals surface area contributed by atoms with E-state index in [0.717, 1.165) is 24.5 Å². The van der Waals surface area contributed by atoms with E-state index in [0.29, 0.717) is 64.8 Å². The summed E-state index contributed by atoms with van der Waals surface area (Å²) in [6.45, 7) is 8.23. The quantitative estimate of drug-likeness (QED) is 0.129. The number of amides is 3. The Morgan fingerprint density at radius 1 is 1.04 bits per heavy atom. The van der Waals surface area contributed by atoms with Crippen molar-refractivity contribution in [3.8, 4) is 5.75 Å². The molecule has 15 nitrogen and oxygen atoms in total. The van der Waals surface area contributed by atoms with Gasteiger partial charge in [-0.25, -0.2) is 9.98 Å². The Bertz CT molecular complexity index is 1820. The van der Waals surface area contributed by atoms with Crippen molar-refractivity contribution in [1.29, 1.82) is 0 Å². The Kier molecular flexibility index (Phi) is 10.9. The van der Waals surface area contributed by atoms with Crippen molar-refractivity contribution in [2.24, 2.45) is 24.8 Å². The van der Waals surface area contributed by atoms with Crippen LogP contribution in [0.3, 0.4) is 0 Å². The average molecular weight is 677 g/mol. The van der Waals surface area contributed by atoms with Crippen molar-refractivity contribution in [1.82, 2.24) is 29.3 Å². The van der Waals surface area contributed by atoms with Crippen molar-refractivity contribution in [2.45, 2.75) is 19.8 Å². The summed E-state index contributed by atoms with van der Waals surface area (Å²) < 4.78 is 13.8. The lowest BCUT2D eigenvalue weighted by molar-refractivity contribution is 0.0383. The van der Waals surface area contributed by atoms with Gasteiger partial charge in [0.05, 0.1) is 31.7 Å². The lowest BCUT2D eigenvalue weighted by atomic mass is 10.1. The minimum Gasteiger partial charge on any atom is -0.497 e. The number of pyridine rings is 1. The molecule has 5 rings (SSSR count). The number of aryl methyl sites for hydroxylation is 2. The van der Waals surface area contributed by atoms with E-state index in [9.17, 15) is 14.4 Å². The molecule has 5 N–H and O–H groups in total. The van der Waals surface area contributed by atoms with E-state index in [1.807, 2.05) is 13.8 Å². The van der Waals surface area contributed by atoms with Crippen LogP contribution in [0, 0.1) is 0 Å². The summed E-state index contributed by atoms with van der Waals surface area (Å²) in [5, 5.41) is 8.92. The zero-order valence-electron chi connectivity index (χ0n) is 27.6. The third-order valence-corrected chi connectivity index (χ3v) is 8.90. The number of thiazole rings is 1. The maximum absolute atomic E-state index is 13.3. The number of nitrogens with one attached hydrogen (secondary N) is 3. The number of hydrogen-bond acceptors (Lipinski definition) is 10. The van der Waals surface area contributed by atoms with E-state index in [4.69, 9.17) is 15.2 Å². The van der Waals surface area contributed by atoms with Gasteiger partial charge in [-0.05, 0) is 24.1 Å². The number of nitrogens with zero attached hydrogens (tertiary/aromatic N) is 6. The van der Waals surface area contributed by atoms with E-state index in [-0.39, 0.29) is 17.7 Å². The second-order valence-corrected chi connectivity index (χ2v) is 12.5. The van der Waals surface area contributed by atoms with E-state index in [2.05, 4.69) is 35.8 Å². The van der Waals surface area contributed by atoms with Crippen molar-refractivity contribution >= 4 is 51.4 Å². The van der Waals surface area contributed by atoms with E-state index >= 15 is 0 Å². The van der Waals surface area contributed by atoms with Crippen LogP contribution in [0.1, 0.15) is 61.8 Å². The predicted octanol–water partition coefficient (Wildman–Crippen LogP) is 2.95. The van der Waals surface area contributed by atoms with Crippen LogP contribution in [0.5, 0.6) is 5.75 Å². The molecule has 0 saturated carbocycles. The van der Waals surface area contributed by atoms with E-state index < -0.39 is 11.8 Å². The Labute approximate surface area is 282 Å². The lowest BCUT2D eigenvalue weighted by Crippen LogP contribution is -2.41. The third-order valence-electron chi connectivity index (χ3n) is 7.63. The summed E-state index contributed by atoms with van der Waals surface area (Å²) in [6.07, 6.45) is 4.87. The molecule has 0 radical (unpaired) electrons. The monoisotopic (exact) mass is 676 g/mol. The molecule has 0 bridgehead atoms. The minimum atomic E-state index is -0.432.